The molecule has 3 nitrogen and oxygen atoms in total. The Balaban J connectivity index is 2.09. The fourth-order valence-corrected chi connectivity index (χ4v) is 1.81. The molecule has 2 rings (SSSR count). The van der Waals surface area contributed by atoms with Gasteiger partial charge in [0.1, 0.15) is 0 Å². The molecule has 0 saturated heterocycles. The van der Waals surface area contributed by atoms with Crippen LogP contribution in [-0.4, -0.2) is 0 Å². The summed E-state index contributed by atoms with van der Waals surface area (Å²) in [6, 6.07) is 15.6. The van der Waals surface area contributed by atoms with Crippen LogP contribution < -0.4 is 11.1 Å². The first-order valence-corrected chi connectivity index (χ1v) is 5.78. The summed E-state index contributed by atoms with van der Waals surface area (Å²) in [5.74, 6) is 0. The van der Waals surface area contributed by atoms with E-state index in [2.05, 4.69) is 36.5 Å². The minimum absolute atomic E-state index is 0.577. The number of anilines is 2. The molecule has 0 unspecified atom stereocenters. The molecule has 2 aromatic rings. The molecule has 0 atom stereocenters. The molecule has 3 heteroatoms. The summed E-state index contributed by atoms with van der Waals surface area (Å²) in [6.07, 6.45) is 0. The molecule has 0 bridgehead atoms. The van der Waals surface area contributed by atoms with Crippen molar-refractivity contribution in [3.8, 4) is 6.07 Å². The van der Waals surface area contributed by atoms with Gasteiger partial charge in [-0.25, -0.2) is 0 Å². The molecular formula is C15H15N3. The van der Waals surface area contributed by atoms with Crippen LogP contribution in [0.5, 0.6) is 0 Å². The molecule has 2 aromatic carbocycles. The van der Waals surface area contributed by atoms with E-state index in [4.69, 9.17) is 11.0 Å². The zero-order valence-corrected chi connectivity index (χ0v) is 10.3. The molecule has 90 valence electrons. The molecule has 0 amide bonds. The van der Waals surface area contributed by atoms with Crippen molar-refractivity contribution in [2.45, 2.75) is 13.5 Å². The quantitative estimate of drug-likeness (QED) is 0.806. The van der Waals surface area contributed by atoms with Gasteiger partial charge in [-0.15, -0.1) is 0 Å². The molecular weight excluding hydrogens is 222 g/mol. The van der Waals surface area contributed by atoms with Crippen molar-refractivity contribution >= 4 is 11.4 Å². The Morgan fingerprint density at radius 3 is 2.72 bits per heavy atom. The van der Waals surface area contributed by atoms with Gasteiger partial charge in [-0.2, -0.15) is 5.26 Å². The summed E-state index contributed by atoms with van der Waals surface area (Å²) in [4.78, 5) is 0. The van der Waals surface area contributed by atoms with Crippen molar-refractivity contribution in [2.24, 2.45) is 0 Å². The molecule has 0 spiro atoms. The molecule has 0 aromatic heterocycles. The Morgan fingerprint density at radius 1 is 1.22 bits per heavy atom. The average Bonchev–Trinajstić information content (AvgIpc) is 2.37. The third-order valence-corrected chi connectivity index (χ3v) is 2.75. The molecule has 0 fully saturated rings. The highest BCUT2D eigenvalue weighted by Crippen LogP contribution is 2.20. The number of nitrogen functional groups attached to an aromatic ring is 1. The summed E-state index contributed by atoms with van der Waals surface area (Å²) in [6.45, 7) is 2.79. The Hall–Kier alpha value is -2.47. The third-order valence-electron chi connectivity index (χ3n) is 2.75. The fourth-order valence-electron chi connectivity index (χ4n) is 1.81. The molecule has 0 aliphatic heterocycles. The maximum atomic E-state index is 8.77. The van der Waals surface area contributed by atoms with E-state index in [-0.39, 0.29) is 0 Å². The number of hydrogen-bond acceptors (Lipinski definition) is 3. The van der Waals surface area contributed by atoms with Crippen LogP contribution in [-0.2, 0) is 6.54 Å². The lowest BCUT2D eigenvalue weighted by molar-refractivity contribution is 1.14. The van der Waals surface area contributed by atoms with Gasteiger partial charge >= 0.3 is 0 Å². The standard InChI is InChI=1S/C15H15N3/c1-11-3-2-4-13(7-11)10-18-15-6-5-12(9-16)8-14(15)17/h2-8,18H,10,17H2,1H3. The van der Waals surface area contributed by atoms with Crippen LogP contribution in [0.25, 0.3) is 0 Å². The summed E-state index contributed by atoms with van der Waals surface area (Å²) >= 11 is 0. The van der Waals surface area contributed by atoms with Gasteiger partial charge in [-0.3, -0.25) is 0 Å². The second-order valence-electron chi connectivity index (χ2n) is 4.26. The SMILES string of the molecule is Cc1cccc(CNc2ccc(C#N)cc2N)c1. The largest absolute Gasteiger partial charge is 0.397 e. The van der Waals surface area contributed by atoms with E-state index >= 15 is 0 Å². The Bertz CT molecular complexity index is 597. The van der Waals surface area contributed by atoms with Crippen molar-refractivity contribution in [3.05, 3.63) is 59.2 Å². The molecule has 0 radical (unpaired) electrons. The molecule has 0 aliphatic carbocycles. The number of hydrogen-bond donors (Lipinski definition) is 2. The molecule has 0 saturated carbocycles. The highest BCUT2D eigenvalue weighted by atomic mass is 14.9. The minimum atomic E-state index is 0.577. The van der Waals surface area contributed by atoms with E-state index < -0.39 is 0 Å². The highest BCUT2D eigenvalue weighted by Gasteiger charge is 2.00. The Morgan fingerprint density at radius 2 is 2.06 bits per heavy atom. The Kier molecular flexibility index (Phi) is 3.49. The lowest BCUT2D eigenvalue weighted by Crippen LogP contribution is -2.02. The van der Waals surface area contributed by atoms with Gasteiger partial charge in [-0.1, -0.05) is 29.8 Å². The van der Waals surface area contributed by atoms with Crippen molar-refractivity contribution in [3.63, 3.8) is 0 Å². The maximum Gasteiger partial charge on any atom is 0.0992 e. The minimum Gasteiger partial charge on any atom is -0.397 e. The number of nitrogens with zero attached hydrogens (tertiary/aromatic N) is 1. The fraction of sp³-hybridized carbons (Fsp3) is 0.133. The van der Waals surface area contributed by atoms with Gasteiger partial charge in [0.05, 0.1) is 23.0 Å². The van der Waals surface area contributed by atoms with Crippen LogP contribution >= 0.6 is 0 Å². The first-order valence-electron chi connectivity index (χ1n) is 5.78. The summed E-state index contributed by atoms with van der Waals surface area (Å²) < 4.78 is 0. The lowest BCUT2D eigenvalue weighted by atomic mass is 10.1. The zero-order chi connectivity index (χ0) is 13.0. The zero-order valence-electron chi connectivity index (χ0n) is 10.3. The van der Waals surface area contributed by atoms with Crippen LogP contribution in [0.2, 0.25) is 0 Å². The summed E-state index contributed by atoms with van der Waals surface area (Å²) in [5.41, 5.74) is 10.4. The van der Waals surface area contributed by atoms with E-state index in [1.165, 1.54) is 11.1 Å². The number of benzene rings is 2. The summed E-state index contributed by atoms with van der Waals surface area (Å²) in [7, 11) is 0. The van der Waals surface area contributed by atoms with Crippen molar-refractivity contribution in [1.82, 2.24) is 0 Å². The normalized spacial score (nSPS) is 9.78. The molecule has 0 heterocycles. The number of nitrogens with two attached hydrogens (primary N) is 1. The van der Waals surface area contributed by atoms with E-state index in [1.807, 2.05) is 12.1 Å². The topological polar surface area (TPSA) is 61.8 Å². The molecule has 18 heavy (non-hydrogen) atoms. The van der Waals surface area contributed by atoms with Crippen LogP contribution in [0.1, 0.15) is 16.7 Å². The van der Waals surface area contributed by atoms with Gasteiger partial charge in [0.25, 0.3) is 0 Å². The number of rotatable bonds is 3. The number of nitrogens with one attached hydrogen (secondary N) is 1. The van der Waals surface area contributed by atoms with E-state index in [0.717, 1.165) is 12.2 Å². The Labute approximate surface area is 107 Å². The average molecular weight is 237 g/mol. The van der Waals surface area contributed by atoms with Gasteiger partial charge < -0.3 is 11.1 Å². The van der Waals surface area contributed by atoms with Gasteiger partial charge in [0, 0.05) is 6.54 Å². The second kappa shape index (κ2) is 5.24. The van der Waals surface area contributed by atoms with Crippen LogP contribution in [0, 0.1) is 18.3 Å². The summed E-state index contributed by atoms with van der Waals surface area (Å²) in [5, 5.41) is 12.0. The van der Waals surface area contributed by atoms with E-state index in [0.29, 0.717) is 11.3 Å². The second-order valence-corrected chi connectivity index (χ2v) is 4.26. The lowest BCUT2D eigenvalue weighted by Gasteiger charge is -2.10. The maximum absolute atomic E-state index is 8.77. The highest BCUT2D eigenvalue weighted by molar-refractivity contribution is 5.68. The first kappa shape index (κ1) is 12.0. The molecule has 0 aliphatic rings. The van der Waals surface area contributed by atoms with Gasteiger partial charge in [0.2, 0.25) is 0 Å². The van der Waals surface area contributed by atoms with Crippen molar-refractivity contribution < 1.29 is 0 Å². The van der Waals surface area contributed by atoms with Crippen molar-refractivity contribution in [2.75, 3.05) is 11.1 Å². The van der Waals surface area contributed by atoms with Gasteiger partial charge in [-0.05, 0) is 30.7 Å². The third kappa shape index (κ3) is 2.80. The monoisotopic (exact) mass is 237 g/mol. The predicted octanol–water partition coefficient (Wildman–Crippen LogP) is 3.06. The van der Waals surface area contributed by atoms with E-state index in [9.17, 15) is 0 Å². The van der Waals surface area contributed by atoms with Crippen molar-refractivity contribution in [1.29, 1.82) is 5.26 Å². The number of nitriles is 1. The van der Waals surface area contributed by atoms with Gasteiger partial charge in [0.15, 0.2) is 0 Å². The smallest absolute Gasteiger partial charge is 0.0992 e. The van der Waals surface area contributed by atoms with E-state index in [1.54, 1.807) is 12.1 Å². The van der Waals surface area contributed by atoms with Crippen LogP contribution in [0.3, 0.4) is 0 Å². The van der Waals surface area contributed by atoms with Crippen LogP contribution in [0.4, 0.5) is 11.4 Å². The predicted molar refractivity (Wildman–Crippen MR) is 74.1 cm³/mol. The molecule has 3 N–H and O–H groups in total. The first-order chi connectivity index (χ1) is 8.69. The number of aryl methyl sites for hydroxylation is 1. The van der Waals surface area contributed by atoms with Crippen LogP contribution in [0.15, 0.2) is 42.5 Å².